The standard InChI is InChI=1S/C22H23N7O3/c1-13(24-2)27-19(31)12-25-21(32)15-6-3-7-16(9-15)28-22-26-11-18(20(23)29-22)14-5-4-8-17(30)10-14/h3-13,24,30H,1-2H3,(H,27,31)(H3,23,26,28,29). The highest BCUT2D eigenvalue weighted by atomic mass is 16.3. The number of nitrogens with zero attached hydrogens (tertiary/aromatic N) is 3. The largest absolute Gasteiger partial charge is 0.508 e. The van der Waals surface area contributed by atoms with Crippen LogP contribution in [0.2, 0.25) is 0 Å². The summed E-state index contributed by atoms with van der Waals surface area (Å²) < 4.78 is 0. The molecule has 1 unspecified atom stereocenters. The molecule has 1 heterocycles. The fourth-order valence-corrected chi connectivity index (χ4v) is 2.72. The Balaban J connectivity index is 1.71. The summed E-state index contributed by atoms with van der Waals surface area (Å²) in [5.74, 6) is -0.473. The van der Waals surface area contributed by atoms with Gasteiger partial charge in [0.25, 0.3) is 11.8 Å². The zero-order chi connectivity index (χ0) is 23.1. The Kier molecular flexibility index (Phi) is 7.09. The second kappa shape index (κ2) is 10.1. The predicted octanol–water partition coefficient (Wildman–Crippen LogP) is 2.07. The van der Waals surface area contributed by atoms with Crippen LogP contribution >= 0.6 is 0 Å². The molecule has 2 amide bonds. The van der Waals surface area contributed by atoms with Crippen LogP contribution in [0.1, 0.15) is 17.3 Å². The molecular weight excluding hydrogens is 410 g/mol. The van der Waals surface area contributed by atoms with E-state index in [2.05, 4.69) is 30.9 Å². The van der Waals surface area contributed by atoms with Crippen molar-refractivity contribution in [2.24, 2.45) is 4.99 Å². The SMILES string of the molecule is CNC(C)NC(=O)C=NC(=O)c1cccc(Nc2ncc(-c3cccc(O)c3)c(N)n2)c1. The minimum Gasteiger partial charge on any atom is -0.508 e. The maximum atomic E-state index is 12.3. The molecule has 0 spiro atoms. The average Bonchev–Trinajstić information content (AvgIpc) is 2.77. The first-order valence-electron chi connectivity index (χ1n) is 9.71. The maximum absolute atomic E-state index is 12.3. The Hall–Kier alpha value is -4.31. The van der Waals surface area contributed by atoms with Crippen molar-refractivity contribution >= 4 is 35.5 Å². The number of anilines is 3. The lowest BCUT2D eigenvalue weighted by molar-refractivity contribution is -0.115. The van der Waals surface area contributed by atoms with E-state index < -0.39 is 11.8 Å². The molecule has 1 atom stereocenters. The molecule has 10 heteroatoms. The van der Waals surface area contributed by atoms with Gasteiger partial charge in [-0.05, 0) is 49.9 Å². The Morgan fingerprint density at radius 1 is 1.19 bits per heavy atom. The van der Waals surface area contributed by atoms with Crippen molar-refractivity contribution in [2.75, 3.05) is 18.1 Å². The van der Waals surface area contributed by atoms with E-state index in [0.717, 1.165) is 6.21 Å². The van der Waals surface area contributed by atoms with Crippen LogP contribution in [-0.4, -0.2) is 46.3 Å². The summed E-state index contributed by atoms with van der Waals surface area (Å²) in [6.07, 6.45) is 2.24. The van der Waals surface area contributed by atoms with Gasteiger partial charge in [0.1, 0.15) is 11.6 Å². The van der Waals surface area contributed by atoms with Crippen LogP contribution in [-0.2, 0) is 4.79 Å². The molecule has 0 aliphatic heterocycles. The van der Waals surface area contributed by atoms with Crippen LogP contribution in [0.3, 0.4) is 0 Å². The van der Waals surface area contributed by atoms with Crippen molar-refractivity contribution < 1.29 is 14.7 Å². The van der Waals surface area contributed by atoms with Gasteiger partial charge in [-0.15, -0.1) is 0 Å². The van der Waals surface area contributed by atoms with E-state index in [1.165, 1.54) is 0 Å². The molecule has 0 aliphatic carbocycles. The molecule has 2 aromatic carbocycles. The minimum atomic E-state index is -0.569. The summed E-state index contributed by atoms with van der Waals surface area (Å²) in [6.45, 7) is 1.76. The quantitative estimate of drug-likeness (QED) is 0.280. The Labute approximate surface area is 184 Å². The number of nitrogens with one attached hydrogen (secondary N) is 3. The van der Waals surface area contributed by atoms with Gasteiger partial charge in [0.15, 0.2) is 0 Å². The Morgan fingerprint density at radius 3 is 2.69 bits per heavy atom. The Bertz CT molecular complexity index is 1160. The van der Waals surface area contributed by atoms with E-state index in [1.54, 1.807) is 68.7 Å². The molecule has 164 valence electrons. The minimum absolute atomic E-state index is 0.113. The number of nitrogens with two attached hydrogens (primary N) is 1. The van der Waals surface area contributed by atoms with Gasteiger partial charge in [-0.2, -0.15) is 4.98 Å². The van der Waals surface area contributed by atoms with E-state index in [4.69, 9.17) is 5.73 Å². The van der Waals surface area contributed by atoms with Crippen molar-refractivity contribution in [1.29, 1.82) is 0 Å². The molecule has 3 rings (SSSR count). The highest BCUT2D eigenvalue weighted by molar-refractivity contribution is 6.28. The molecule has 10 nitrogen and oxygen atoms in total. The molecule has 0 bridgehead atoms. The highest BCUT2D eigenvalue weighted by Gasteiger charge is 2.10. The number of carbonyl (C=O) groups is 2. The molecule has 32 heavy (non-hydrogen) atoms. The van der Waals surface area contributed by atoms with Crippen molar-refractivity contribution in [1.82, 2.24) is 20.6 Å². The molecule has 3 aromatic rings. The van der Waals surface area contributed by atoms with Gasteiger partial charge in [0, 0.05) is 23.0 Å². The number of aliphatic imine (C=N–C) groups is 1. The normalized spacial score (nSPS) is 11.8. The summed E-state index contributed by atoms with van der Waals surface area (Å²) in [7, 11) is 1.70. The van der Waals surface area contributed by atoms with E-state index in [1.807, 2.05) is 0 Å². The van der Waals surface area contributed by atoms with Crippen molar-refractivity contribution in [3.05, 3.63) is 60.3 Å². The first kappa shape index (κ1) is 22.4. The summed E-state index contributed by atoms with van der Waals surface area (Å²) in [5.41, 5.74) is 8.15. The predicted molar refractivity (Wildman–Crippen MR) is 123 cm³/mol. The number of phenolic OH excluding ortho intramolecular Hbond substituents is 1. The molecule has 0 saturated heterocycles. The zero-order valence-corrected chi connectivity index (χ0v) is 17.5. The summed E-state index contributed by atoms with van der Waals surface area (Å²) >= 11 is 0. The topological polar surface area (TPSA) is 155 Å². The van der Waals surface area contributed by atoms with Gasteiger partial charge in [0.05, 0.1) is 12.4 Å². The number of hydrogen-bond acceptors (Lipinski definition) is 8. The first-order valence-corrected chi connectivity index (χ1v) is 9.71. The number of amides is 2. The number of carbonyl (C=O) groups excluding carboxylic acids is 2. The first-order chi connectivity index (χ1) is 15.4. The molecule has 0 radical (unpaired) electrons. The van der Waals surface area contributed by atoms with Crippen LogP contribution in [0, 0.1) is 0 Å². The number of hydrogen-bond donors (Lipinski definition) is 5. The summed E-state index contributed by atoms with van der Waals surface area (Å²) in [4.78, 5) is 36.2. The maximum Gasteiger partial charge on any atom is 0.277 e. The highest BCUT2D eigenvalue weighted by Crippen LogP contribution is 2.27. The summed E-state index contributed by atoms with van der Waals surface area (Å²) in [5, 5.41) is 18.1. The molecule has 0 fully saturated rings. The lowest BCUT2D eigenvalue weighted by Gasteiger charge is -2.10. The van der Waals surface area contributed by atoms with Crippen molar-refractivity contribution in [2.45, 2.75) is 13.1 Å². The van der Waals surface area contributed by atoms with Crippen LogP contribution < -0.4 is 21.7 Å². The fraction of sp³-hybridized carbons (Fsp3) is 0.136. The third kappa shape index (κ3) is 5.86. The molecular formula is C22H23N7O3. The van der Waals surface area contributed by atoms with Crippen LogP contribution in [0.5, 0.6) is 5.75 Å². The van der Waals surface area contributed by atoms with Crippen LogP contribution in [0.25, 0.3) is 11.1 Å². The van der Waals surface area contributed by atoms with Crippen LogP contribution in [0.4, 0.5) is 17.5 Å². The van der Waals surface area contributed by atoms with Crippen molar-refractivity contribution in [3.63, 3.8) is 0 Å². The molecule has 0 aliphatic rings. The second-order valence-electron chi connectivity index (χ2n) is 6.83. The summed E-state index contributed by atoms with van der Waals surface area (Å²) in [6, 6.07) is 13.2. The van der Waals surface area contributed by atoms with Gasteiger partial charge in [-0.1, -0.05) is 18.2 Å². The number of phenols is 1. The third-order valence-corrected chi connectivity index (χ3v) is 4.43. The van der Waals surface area contributed by atoms with Gasteiger partial charge >= 0.3 is 0 Å². The van der Waals surface area contributed by atoms with Gasteiger partial charge in [-0.3, -0.25) is 9.59 Å². The monoisotopic (exact) mass is 433 g/mol. The van der Waals surface area contributed by atoms with Crippen molar-refractivity contribution in [3.8, 4) is 16.9 Å². The lowest BCUT2D eigenvalue weighted by Crippen LogP contribution is -2.41. The van der Waals surface area contributed by atoms with E-state index in [0.29, 0.717) is 16.8 Å². The second-order valence-corrected chi connectivity index (χ2v) is 6.83. The molecule has 1 aromatic heterocycles. The van der Waals surface area contributed by atoms with Crippen LogP contribution in [0.15, 0.2) is 59.7 Å². The smallest absolute Gasteiger partial charge is 0.277 e. The molecule has 0 saturated carbocycles. The fourth-order valence-electron chi connectivity index (χ4n) is 2.72. The third-order valence-electron chi connectivity index (χ3n) is 4.43. The van der Waals surface area contributed by atoms with E-state index in [-0.39, 0.29) is 29.2 Å². The van der Waals surface area contributed by atoms with E-state index in [9.17, 15) is 14.7 Å². The number of aromatic nitrogens is 2. The van der Waals surface area contributed by atoms with E-state index >= 15 is 0 Å². The lowest BCUT2D eigenvalue weighted by atomic mass is 10.1. The zero-order valence-electron chi connectivity index (χ0n) is 17.5. The number of nitrogen functional groups attached to an aromatic ring is 1. The van der Waals surface area contributed by atoms with Gasteiger partial charge in [-0.25, -0.2) is 9.98 Å². The van der Waals surface area contributed by atoms with Gasteiger partial charge < -0.3 is 26.8 Å². The van der Waals surface area contributed by atoms with Gasteiger partial charge in [0.2, 0.25) is 5.95 Å². The Morgan fingerprint density at radius 2 is 1.97 bits per heavy atom. The number of aromatic hydroxyl groups is 1. The number of benzene rings is 2. The number of rotatable bonds is 7. The average molecular weight is 433 g/mol. The molecule has 6 N–H and O–H groups in total.